The molecule has 0 bridgehead atoms. The summed E-state index contributed by atoms with van der Waals surface area (Å²) in [6, 6.07) is 3.74. The molecule has 86 valence electrons. The Labute approximate surface area is 106 Å². The summed E-state index contributed by atoms with van der Waals surface area (Å²) in [7, 11) is 1.68. The first-order valence-corrected chi connectivity index (χ1v) is 6.41. The van der Waals surface area contributed by atoms with E-state index in [-0.39, 0.29) is 0 Å². The summed E-state index contributed by atoms with van der Waals surface area (Å²) in [6.45, 7) is 1.42. The van der Waals surface area contributed by atoms with Crippen LogP contribution in [0.4, 0.5) is 5.13 Å². The van der Waals surface area contributed by atoms with Crippen molar-refractivity contribution in [1.29, 1.82) is 0 Å². The molecule has 1 N–H and O–H groups in total. The Morgan fingerprint density at radius 2 is 2.44 bits per heavy atom. The third-order valence-corrected chi connectivity index (χ3v) is 3.14. The highest BCUT2D eigenvalue weighted by Gasteiger charge is 2.07. The van der Waals surface area contributed by atoms with Crippen LogP contribution in [0, 0.1) is 0 Å². The highest BCUT2D eigenvalue weighted by atomic mass is 79.9. The van der Waals surface area contributed by atoms with Gasteiger partial charge in [-0.15, -0.1) is 11.3 Å². The smallest absolute Gasteiger partial charge is 0.183 e. The summed E-state index contributed by atoms with van der Waals surface area (Å²) in [6.07, 6.45) is 0. The summed E-state index contributed by atoms with van der Waals surface area (Å²) in [4.78, 5) is 4.40. The van der Waals surface area contributed by atoms with Crippen molar-refractivity contribution >= 4 is 32.4 Å². The molecule has 2 rings (SSSR count). The van der Waals surface area contributed by atoms with Gasteiger partial charge in [-0.2, -0.15) is 0 Å². The van der Waals surface area contributed by atoms with Gasteiger partial charge < -0.3 is 14.5 Å². The molecule has 0 saturated heterocycles. The van der Waals surface area contributed by atoms with Crippen molar-refractivity contribution in [2.45, 2.75) is 0 Å². The lowest BCUT2D eigenvalue weighted by atomic mass is 10.4. The SMILES string of the molecule is COCCNc1nc(-c2ccc(Br)o2)cs1. The first-order chi connectivity index (χ1) is 7.79. The second-order valence-electron chi connectivity index (χ2n) is 3.06. The van der Waals surface area contributed by atoms with E-state index in [0.717, 1.165) is 23.1 Å². The van der Waals surface area contributed by atoms with Crippen molar-refractivity contribution in [1.82, 2.24) is 4.98 Å². The average Bonchev–Trinajstić information content (AvgIpc) is 2.87. The van der Waals surface area contributed by atoms with Crippen LogP contribution in [0.15, 0.2) is 26.6 Å². The Morgan fingerprint density at radius 3 is 3.12 bits per heavy atom. The molecule has 0 saturated carbocycles. The summed E-state index contributed by atoms with van der Waals surface area (Å²) >= 11 is 4.82. The van der Waals surface area contributed by atoms with Crippen LogP contribution in [-0.2, 0) is 4.74 Å². The van der Waals surface area contributed by atoms with E-state index in [2.05, 4.69) is 26.2 Å². The zero-order valence-electron chi connectivity index (χ0n) is 8.70. The van der Waals surface area contributed by atoms with Crippen LogP contribution < -0.4 is 5.32 Å². The van der Waals surface area contributed by atoms with Crippen molar-refractivity contribution in [3.05, 3.63) is 22.2 Å². The summed E-state index contributed by atoms with van der Waals surface area (Å²) in [5, 5.41) is 6.00. The predicted molar refractivity (Wildman–Crippen MR) is 67.9 cm³/mol. The molecule has 0 atom stereocenters. The van der Waals surface area contributed by atoms with E-state index in [4.69, 9.17) is 9.15 Å². The van der Waals surface area contributed by atoms with Crippen LogP contribution in [0.25, 0.3) is 11.5 Å². The van der Waals surface area contributed by atoms with E-state index in [1.54, 1.807) is 18.4 Å². The van der Waals surface area contributed by atoms with Crippen molar-refractivity contribution in [2.24, 2.45) is 0 Å². The quantitative estimate of drug-likeness (QED) is 0.862. The second kappa shape index (κ2) is 5.47. The van der Waals surface area contributed by atoms with E-state index in [0.29, 0.717) is 11.3 Å². The Bertz CT molecular complexity index is 455. The number of rotatable bonds is 5. The van der Waals surface area contributed by atoms with E-state index in [1.165, 1.54) is 0 Å². The number of hydrogen-bond donors (Lipinski definition) is 1. The molecule has 0 aliphatic carbocycles. The minimum Gasteiger partial charge on any atom is -0.448 e. The number of nitrogens with one attached hydrogen (secondary N) is 1. The van der Waals surface area contributed by atoms with Gasteiger partial charge in [0.25, 0.3) is 0 Å². The first-order valence-electron chi connectivity index (χ1n) is 4.73. The Balaban J connectivity index is 2.02. The lowest BCUT2D eigenvalue weighted by Gasteiger charge is -1.99. The Kier molecular flexibility index (Phi) is 3.98. The maximum atomic E-state index is 5.42. The summed E-state index contributed by atoms with van der Waals surface area (Å²) in [5.74, 6) is 0.767. The minimum absolute atomic E-state index is 0.668. The zero-order valence-corrected chi connectivity index (χ0v) is 11.1. The molecule has 6 heteroatoms. The molecule has 4 nitrogen and oxygen atoms in total. The minimum atomic E-state index is 0.668. The molecule has 0 spiro atoms. The number of methoxy groups -OCH3 is 1. The number of nitrogens with zero attached hydrogens (tertiary/aromatic N) is 1. The lowest BCUT2D eigenvalue weighted by molar-refractivity contribution is 0.211. The molecule has 0 unspecified atom stereocenters. The summed E-state index contributed by atoms with van der Waals surface area (Å²) < 4.78 is 11.1. The van der Waals surface area contributed by atoms with E-state index < -0.39 is 0 Å². The fourth-order valence-electron chi connectivity index (χ4n) is 1.18. The molecule has 0 amide bonds. The second-order valence-corrected chi connectivity index (χ2v) is 4.70. The maximum absolute atomic E-state index is 5.42. The molecule has 2 aromatic heterocycles. The number of furan rings is 1. The van der Waals surface area contributed by atoms with Crippen molar-refractivity contribution in [3.63, 3.8) is 0 Å². The van der Waals surface area contributed by atoms with Gasteiger partial charge in [-0.1, -0.05) is 0 Å². The first kappa shape index (κ1) is 11.6. The fraction of sp³-hybridized carbons (Fsp3) is 0.300. The van der Waals surface area contributed by atoms with Gasteiger partial charge in [0.15, 0.2) is 15.6 Å². The molecule has 0 aromatic carbocycles. The highest BCUT2D eigenvalue weighted by Crippen LogP contribution is 2.27. The van der Waals surface area contributed by atoms with E-state index in [9.17, 15) is 0 Å². The number of ether oxygens (including phenoxy) is 1. The normalized spacial score (nSPS) is 10.6. The van der Waals surface area contributed by atoms with Crippen LogP contribution in [0.2, 0.25) is 0 Å². The zero-order chi connectivity index (χ0) is 11.4. The molecule has 0 aliphatic rings. The van der Waals surface area contributed by atoms with E-state index in [1.807, 2.05) is 17.5 Å². The number of aromatic nitrogens is 1. The van der Waals surface area contributed by atoms with Gasteiger partial charge in [0.1, 0.15) is 5.69 Å². The third-order valence-electron chi connectivity index (χ3n) is 1.91. The van der Waals surface area contributed by atoms with Crippen LogP contribution in [0.3, 0.4) is 0 Å². The van der Waals surface area contributed by atoms with E-state index >= 15 is 0 Å². The van der Waals surface area contributed by atoms with Gasteiger partial charge in [0.2, 0.25) is 0 Å². The monoisotopic (exact) mass is 302 g/mol. The van der Waals surface area contributed by atoms with Gasteiger partial charge in [0, 0.05) is 19.0 Å². The van der Waals surface area contributed by atoms with Gasteiger partial charge in [0.05, 0.1) is 6.61 Å². The molecule has 2 aromatic rings. The maximum Gasteiger partial charge on any atom is 0.183 e. The number of halogens is 1. The van der Waals surface area contributed by atoms with Crippen molar-refractivity contribution < 1.29 is 9.15 Å². The lowest BCUT2D eigenvalue weighted by Crippen LogP contribution is -2.06. The molecule has 16 heavy (non-hydrogen) atoms. The average molecular weight is 303 g/mol. The molecule has 0 fully saturated rings. The van der Waals surface area contributed by atoms with Gasteiger partial charge in [-0.05, 0) is 28.1 Å². The number of anilines is 1. The standard InChI is InChI=1S/C10H11BrN2O2S/c1-14-5-4-12-10-13-7(6-16-10)8-2-3-9(11)15-8/h2-3,6H,4-5H2,1H3,(H,12,13). The van der Waals surface area contributed by atoms with Crippen molar-refractivity contribution in [2.75, 3.05) is 25.6 Å². The van der Waals surface area contributed by atoms with Gasteiger partial charge in [-0.3, -0.25) is 0 Å². The number of hydrogen-bond acceptors (Lipinski definition) is 5. The van der Waals surface area contributed by atoms with Crippen LogP contribution in [0.1, 0.15) is 0 Å². The molecular weight excluding hydrogens is 292 g/mol. The highest BCUT2D eigenvalue weighted by molar-refractivity contribution is 9.10. The van der Waals surface area contributed by atoms with Crippen LogP contribution in [0.5, 0.6) is 0 Å². The largest absolute Gasteiger partial charge is 0.448 e. The Morgan fingerprint density at radius 1 is 1.56 bits per heavy atom. The van der Waals surface area contributed by atoms with Crippen LogP contribution >= 0.6 is 27.3 Å². The molecule has 0 radical (unpaired) electrons. The predicted octanol–water partition coefficient (Wildman–Crippen LogP) is 3.22. The summed E-state index contributed by atoms with van der Waals surface area (Å²) in [5.41, 5.74) is 0.843. The fourth-order valence-corrected chi connectivity index (χ4v) is 2.22. The molecule has 0 aliphatic heterocycles. The van der Waals surface area contributed by atoms with Gasteiger partial charge >= 0.3 is 0 Å². The molecular formula is C10H11BrN2O2S. The van der Waals surface area contributed by atoms with Crippen molar-refractivity contribution in [3.8, 4) is 11.5 Å². The topological polar surface area (TPSA) is 47.3 Å². The number of thiazole rings is 1. The Hall–Kier alpha value is -0.850. The third kappa shape index (κ3) is 2.84. The molecule has 2 heterocycles. The van der Waals surface area contributed by atoms with Gasteiger partial charge in [-0.25, -0.2) is 4.98 Å². The van der Waals surface area contributed by atoms with Crippen LogP contribution in [-0.4, -0.2) is 25.2 Å².